The van der Waals surface area contributed by atoms with Gasteiger partial charge in [0, 0.05) is 6.04 Å². The summed E-state index contributed by atoms with van der Waals surface area (Å²) in [6.45, 7) is 4.99. The minimum absolute atomic E-state index is 0.0152. The lowest BCUT2D eigenvalue weighted by molar-refractivity contribution is -0.123. The molecule has 1 aliphatic carbocycles. The highest BCUT2D eigenvalue weighted by molar-refractivity contribution is 7.89. The maximum Gasteiger partial charge on any atom is 0.339 e. The lowest BCUT2D eigenvalue weighted by Gasteiger charge is -2.16. The van der Waals surface area contributed by atoms with E-state index in [-0.39, 0.29) is 16.5 Å². The molecule has 1 amide bonds. The Bertz CT molecular complexity index is 1110. The second-order valence-electron chi connectivity index (χ2n) is 7.61. The SMILES string of the molecule is COc1ccc(C)cc1NC(=O)C(C)OC(=O)c1cc(S(=O)(=O)NC2CC2)ccc1C. The molecule has 0 aliphatic heterocycles. The summed E-state index contributed by atoms with van der Waals surface area (Å²) in [6.07, 6.45) is 0.499. The molecule has 166 valence electrons. The van der Waals surface area contributed by atoms with Gasteiger partial charge in [0.1, 0.15) is 5.75 Å². The van der Waals surface area contributed by atoms with E-state index in [2.05, 4.69) is 10.0 Å². The Morgan fingerprint density at radius 3 is 2.45 bits per heavy atom. The fourth-order valence-electron chi connectivity index (χ4n) is 2.91. The van der Waals surface area contributed by atoms with Gasteiger partial charge in [-0.1, -0.05) is 12.1 Å². The van der Waals surface area contributed by atoms with Gasteiger partial charge in [-0.25, -0.2) is 17.9 Å². The van der Waals surface area contributed by atoms with Crippen LogP contribution < -0.4 is 14.8 Å². The van der Waals surface area contributed by atoms with Crippen LogP contribution in [0.2, 0.25) is 0 Å². The van der Waals surface area contributed by atoms with Crippen molar-refractivity contribution in [2.75, 3.05) is 12.4 Å². The van der Waals surface area contributed by atoms with E-state index in [0.717, 1.165) is 18.4 Å². The van der Waals surface area contributed by atoms with Crippen LogP contribution in [0, 0.1) is 13.8 Å². The fourth-order valence-corrected chi connectivity index (χ4v) is 4.24. The van der Waals surface area contributed by atoms with E-state index in [0.29, 0.717) is 17.0 Å². The van der Waals surface area contributed by atoms with Crippen molar-refractivity contribution in [2.24, 2.45) is 0 Å². The van der Waals surface area contributed by atoms with Crippen molar-refractivity contribution in [3.05, 3.63) is 53.1 Å². The second-order valence-corrected chi connectivity index (χ2v) is 9.33. The largest absolute Gasteiger partial charge is 0.495 e. The minimum atomic E-state index is -3.72. The maximum atomic E-state index is 12.7. The first kappa shape index (κ1) is 22.8. The van der Waals surface area contributed by atoms with Gasteiger partial charge in [0.25, 0.3) is 5.91 Å². The molecule has 0 spiro atoms. The molecule has 2 N–H and O–H groups in total. The molecule has 0 bridgehead atoms. The number of benzene rings is 2. The summed E-state index contributed by atoms with van der Waals surface area (Å²) in [5.74, 6) is -0.830. The number of methoxy groups -OCH3 is 1. The Balaban J connectivity index is 1.72. The highest BCUT2D eigenvalue weighted by atomic mass is 32.2. The van der Waals surface area contributed by atoms with E-state index in [1.807, 2.05) is 13.0 Å². The highest BCUT2D eigenvalue weighted by Crippen LogP contribution is 2.26. The van der Waals surface area contributed by atoms with Crippen LogP contribution in [0.1, 0.15) is 41.3 Å². The highest BCUT2D eigenvalue weighted by Gasteiger charge is 2.29. The molecule has 0 saturated heterocycles. The molecule has 3 rings (SSSR count). The zero-order valence-electron chi connectivity index (χ0n) is 17.9. The summed E-state index contributed by atoms with van der Waals surface area (Å²) in [5, 5.41) is 2.69. The summed E-state index contributed by atoms with van der Waals surface area (Å²) in [4.78, 5) is 25.2. The van der Waals surface area contributed by atoms with E-state index in [4.69, 9.17) is 9.47 Å². The molecule has 2 aromatic carbocycles. The van der Waals surface area contributed by atoms with Crippen molar-refractivity contribution in [3.8, 4) is 5.75 Å². The van der Waals surface area contributed by atoms with Gasteiger partial charge in [-0.05, 0) is 69.0 Å². The van der Waals surface area contributed by atoms with E-state index in [9.17, 15) is 18.0 Å². The van der Waals surface area contributed by atoms with Crippen molar-refractivity contribution in [1.29, 1.82) is 0 Å². The molecule has 31 heavy (non-hydrogen) atoms. The van der Waals surface area contributed by atoms with Crippen molar-refractivity contribution < 1.29 is 27.5 Å². The Kier molecular flexibility index (Phi) is 6.66. The zero-order valence-corrected chi connectivity index (χ0v) is 18.7. The molecule has 1 unspecified atom stereocenters. The van der Waals surface area contributed by atoms with Gasteiger partial charge < -0.3 is 14.8 Å². The third-order valence-electron chi connectivity index (χ3n) is 4.90. The van der Waals surface area contributed by atoms with Crippen LogP contribution in [0.4, 0.5) is 5.69 Å². The molecule has 0 heterocycles. The second kappa shape index (κ2) is 9.07. The van der Waals surface area contributed by atoms with Gasteiger partial charge in [0.15, 0.2) is 6.10 Å². The molecule has 1 atom stereocenters. The Hall–Kier alpha value is -2.91. The fraction of sp³-hybridized carbons (Fsp3) is 0.364. The number of aryl methyl sites for hydroxylation is 2. The number of hydrogen-bond acceptors (Lipinski definition) is 6. The van der Waals surface area contributed by atoms with Crippen LogP contribution in [0.15, 0.2) is 41.3 Å². The number of hydrogen-bond donors (Lipinski definition) is 2. The molecule has 1 fully saturated rings. The van der Waals surface area contributed by atoms with E-state index in [1.54, 1.807) is 25.1 Å². The zero-order chi connectivity index (χ0) is 22.8. The van der Waals surface area contributed by atoms with Crippen molar-refractivity contribution in [2.45, 2.75) is 50.7 Å². The summed E-state index contributed by atoms with van der Waals surface area (Å²) < 4.78 is 38.0. The number of nitrogens with one attached hydrogen (secondary N) is 2. The number of ether oxygens (including phenoxy) is 2. The molecular weight excluding hydrogens is 420 g/mol. The Labute approximate surface area is 182 Å². The van der Waals surface area contributed by atoms with Crippen LogP contribution in [-0.2, 0) is 19.6 Å². The van der Waals surface area contributed by atoms with Gasteiger partial charge in [0.05, 0.1) is 23.3 Å². The first-order valence-electron chi connectivity index (χ1n) is 9.90. The molecular formula is C22H26N2O6S. The number of carbonyl (C=O) groups excluding carboxylic acids is 2. The third kappa shape index (κ3) is 5.62. The maximum absolute atomic E-state index is 12.7. The average molecular weight is 447 g/mol. The van der Waals surface area contributed by atoms with E-state index >= 15 is 0 Å². The predicted octanol–water partition coefficient (Wildman–Crippen LogP) is 2.94. The van der Waals surface area contributed by atoms with E-state index in [1.165, 1.54) is 26.2 Å². The summed E-state index contributed by atoms with van der Waals surface area (Å²) in [6, 6.07) is 9.53. The topological polar surface area (TPSA) is 111 Å². The van der Waals surface area contributed by atoms with Gasteiger partial charge in [-0.2, -0.15) is 0 Å². The van der Waals surface area contributed by atoms with Crippen LogP contribution in [0.25, 0.3) is 0 Å². The Morgan fingerprint density at radius 2 is 1.81 bits per heavy atom. The number of amides is 1. The number of esters is 1. The first-order valence-corrected chi connectivity index (χ1v) is 11.4. The number of sulfonamides is 1. The molecule has 8 nitrogen and oxygen atoms in total. The molecule has 0 radical (unpaired) electrons. The molecule has 1 aliphatic rings. The predicted molar refractivity (Wildman–Crippen MR) is 116 cm³/mol. The van der Waals surface area contributed by atoms with Crippen molar-refractivity contribution in [3.63, 3.8) is 0 Å². The summed E-state index contributed by atoms with van der Waals surface area (Å²) >= 11 is 0. The van der Waals surface area contributed by atoms with Crippen molar-refractivity contribution >= 4 is 27.6 Å². The van der Waals surface area contributed by atoms with Gasteiger partial charge in [-0.15, -0.1) is 0 Å². The van der Waals surface area contributed by atoms with Gasteiger partial charge in [0.2, 0.25) is 10.0 Å². The molecule has 2 aromatic rings. The Morgan fingerprint density at radius 1 is 1.10 bits per heavy atom. The minimum Gasteiger partial charge on any atom is -0.495 e. The van der Waals surface area contributed by atoms with Crippen LogP contribution in [0.3, 0.4) is 0 Å². The quantitative estimate of drug-likeness (QED) is 0.603. The average Bonchev–Trinajstić information content (AvgIpc) is 3.51. The standard InChI is InChI=1S/C22H26N2O6S/c1-13-5-10-20(29-4)19(11-13)23-21(25)15(3)30-22(26)18-12-17(9-6-14(18)2)31(27,28)24-16-7-8-16/h5-6,9-12,15-16,24H,7-8H2,1-4H3,(H,23,25). The van der Waals surface area contributed by atoms with Crippen LogP contribution >= 0.6 is 0 Å². The van der Waals surface area contributed by atoms with Gasteiger partial charge in [-0.3, -0.25) is 4.79 Å². The molecule has 0 aromatic heterocycles. The monoisotopic (exact) mass is 446 g/mol. The van der Waals surface area contributed by atoms with E-state index < -0.39 is 28.0 Å². The third-order valence-corrected chi connectivity index (χ3v) is 6.42. The number of anilines is 1. The lowest BCUT2D eigenvalue weighted by Crippen LogP contribution is -2.30. The smallest absolute Gasteiger partial charge is 0.339 e. The van der Waals surface area contributed by atoms with Crippen molar-refractivity contribution in [1.82, 2.24) is 4.72 Å². The normalized spacial score (nSPS) is 14.6. The van der Waals surface area contributed by atoms with Crippen LogP contribution in [0.5, 0.6) is 5.75 Å². The number of rotatable bonds is 8. The summed E-state index contributed by atoms with van der Waals surface area (Å²) in [7, 11) is -2.23. The lowest BCUT2D eigenvalue weighted by atomic mass is 10.1. The summed E-state index contributed by atoms with van der Waals surface area (Å²) in [5.41, 5.74) is 2.02. The van der Waals surface area contributed by atoms with Crippen LogP contribution in [-0.4, -0.2) is 39.5 Å². The molecule has 1 saturated carbocycles. The number of carbonyl (C=O) groups is 2. The molecule has 9 heteroatoms. The van der Waals surface area contributed by atoms with Gasteiger partial charge >= 0.3 is 5.97 Å². The first-order chi connectivity index (χ1) is 14.6.